The third-order valence-electron chi connectivity index (χ3n) is 3.29. The van der Waals surface area contributed by atoms with Gasteiger partial charge in [-0.3, -0.25) is 15.0 Å². The monoisotopic (exact) mass is 323 g/mol. The second-order valence-electron chi connectivity index (χ2n) is 5.56. The van der Waals surface area contributed by atoms with Crippen molar-refractivity contribution >= 4 is 23.7 Å². The first-order valence-electron chi connectivity index (χ1n) is 7.28. The molecule has 122 valence electrons. The molecule has 0 saturated carbocycles. The van der Waals surface area contributed by atoms with E-state index < -0.39 is 12.1 Å². The highest BCUT2D eigenvalue weighted by Crippen LogP contribution is 2.16. The number of urea groups is 1. The number of likely N-dealkylation sites (N-methyl/N-ethyl adjacent to an activating group) is 1. The number of carbonyl (C=O) groups excluding carboxylic acids is 2. The predicted octanol–water partition coefficient (Wildman–Crippen LogP) is 2.46. The van der Waals surface area contributed by atoms with Crippen LogP contribution in [0.5, 0.6) is 0 Å². The standard InChI is InChI=1S/C16H25N3O2S/c1-11(2)17-16(21)18-15(20)12(3)19(4)10-13-6-8-14(22-5)9-7-13/h6-9,11-12H,10H2,1-5H3,(H2,17,18,20,21). The Bertz CT molecular complexity index is 503. The largest absolute Gasteiger partial charge is 0.336 e. The molecular weight excluding hydrogens is 298 g/mol. The minimum Gasteiger partial charge on any atom is -0.336 e. The van der Waals surface area contributed by atoms with Crippen molar-refractivity contribution in [3.63, 3.8) is 0 Å². The molecule has 2 N–H and O–H groups in total. The molecule has 0 aliphatic rings. The van der Waals surface area contributed by atoms with Gasteiger partial charge in [-0.15, -0.1) is 11.8 Å². The molecule has 6 heteroatoms. The molecule has 1 unspecified atom stereocenters. The van der Waals surface area contributed by atoms with E-state index in [1.165, 1.54) is 4.90 Å². The molecule has 0 aliphatic heterocycles. The quantitative estimate of drug-likeness (QED) is 0.790. The molecular formula is C16H25N3O2S. The number of nitrogens with zero attached hydrogens (tertiary/aromatic N) is 1. The van der Waals surface area contributed by atoms with Crippen LogP contribution in [0.4, 0.5) is 4.79 Å². The Morgan fingerprint density at radius 1 is 1.18 bits per heavy atom. The first-order valence-corrected chi connectivity index (χ1v) is 8.50. The van der Waals surface area contributed by atoms with Crippen LogP contribution in [-0.4, -0.2) is 42.2 Å². The van der Waals surface area contributed by atoms with Crippen LogP contribution in [0, 0.1) is 0 Å². The number of nitrogens with one attached hydrogen (secondary N) is 2. The number of hydrogen-bond acceptors (Lipinski definition) is 4. The average Bonchev–Trinajstić information content (AvgIpc) is 2.46. The summed E-state index contributed by atoms with van der Waals surface area (Å²) in [5.74, 6) is -0.304. The van der Waals surface area contributed by atoms with E-state index in [2.05, 4.69) is 34.9 Å². The third-order valence-corrected chi connectivity index (χ3v) is 4.03. The number of hydrogen-bond donors (Lipinski definition) is 2. The van der Waals surface area contributed by atoms with Crippen LogP contribution in [0.3, 0.4) is 0 Å². The number of benzene rings is 1. The van der Waals surface area contributed by atoms with E-state index in [4.69, 9.17) is 0 Å². The van der Waals surface area contributed by atoms with Crippen molar-refractivity contribution in [2.45, 2.75) is 44.3 Å². The Morgan fingerprint density at radius 2 is 1.77 bits per heavy atom. The molecule has 3 amide bonds. The summed E-state index contributed by atoms with van der Waals surface area (Å²) < 4.78 is 0. The summed E-state index contributed by atoms with van der Waals surface area (Å²) in [4.78, 5) is 26.7. The molecule has 0 radical (unpaired) electrons. The van der Waals surface area contributed by atoms with E-state index in [-0.39, 0.29) is 11.9 Å². The highest BCUT2D eigenvalue weighted by molar-refractivity contribution is 7.98. The van der Waals surface area contributed by atoms with Gasteiger partial charge in [0.15, 0.2) is 0 Å². The van der Waals surface area contributed by atoms with Crippen LogP contribution in [0.1, 0.15) is 26.3 Å². The van der Waals surface area contributed by atoms with Gasteiger partial charge in [0.1, 0.15) is 0 Å². The van der Waals surface area contributed by atoms with Crippen LogP contribution < -0.4 is 10.6 Å². The maximum Gasteiger partial charge on any atom is 0.321 e. The molecule has 0 aliphatic carbocycles. The van der Waals surface area contributed by atoms with Gasteiger partial charge in [-0.25, -0.2) is 4.79 Å². The van der Waals surface area contributed by atoms with E-state index in [0.29, 0.717) is 6.54 Å². The molecule has 0 spiro atoms. The lowest BCUT2D eigenvalue weighted by Gasteiger charge is -2.24. The SMILES string of the molecule is CSc1ccc(CN(C)C(C)C(=O)NC(=O)NC(C)C)cc1. The molecule has 1 aromatic rings. The molecule has 0 aromatic heterocycles. The number of imide groups is 1. The second-order valence-corrected chi connectivity index (χ2v) is 6.44. The summed E-state index contributed by atoms with van der Waals surface area (Å²) in [6.07, 6.45) is 2.04. The van der Waals surface area contributed by atoms with Crippen LogP contribution >= 0.6 is 11.8 Å². The molecule has 0 fully saturated rings. The molecule has 22 heavy (non-hydrogen) atoms. The van der Waals surface area contributed by atoms with Crippen LogP contribution in [0.15, 0.2) is 29.2 Å². The van der Waals surface area contributed by atoms with E-state index >= 15 is 0 Å². The van der Waals surface area contributed by atoms with Crippen molar-refractivity contribution in [3.8, 4) is 0 Å². The summed E-state index contributed by atoms with van der Waals surface area (Å²) in [5, 5.41) is 5.00. The zero-order chi connectivity index (χ0) is 16.7. The van der Waals surface area contributed by atoms with Crippen molar-refractivity contribution in [1.82, 2.24) is 15.5 Å². The average molecular weight is 323 g/mol. The maximum absolute atomic E-state index is 12.1. The minimum absolute atomic E-state index is 0.00390. The number of amides is 3. The van der Waals surface area contributed by atoms with Crippen molar-refractivity contribution < 1.29 is 9.59 Å². The van der Waals surface area contributed by atoms with Gasteiger partial charge in [-0.1, -0.05) is 12.1 Å². The van der Waals surface area contributed by atoms with Gasteiger partial charge >= 0.3 is 6.03 Å². The summed E-state index contributed by atoms with van der Waals surface area (Å²) in [7, 11) is 1.87. The maximum atomic E-state index is 12.1. The fourth-order valence-electron chi connectivity index (χ4n) is 1.87. The van der Waals surface area contributed by atoms with Gasteiger partial charge in [0, 0.05) is 17.5 Å². The third kappa shape index (κ3) is 6.07. The summed E-state index contributed by atoms with van der Waals surface area (Å²) in [6, 6.07) is 7.39. The zero-order valence-corrected chi connectivity index (χ0v) is 14.7. The second kappa shape index (κ2) is 8.80. The predicted molar refractivity (Wildman–Crippen MR) is 91.0 cm³/mol. The fraction of sp³-hybridized carbons (Fsp3) is 0.500. The van der Waals surface area contributed by atoms with Gasteiger partial charge in [-0.05, 0) is 51.8 Å². The highest BCUT2D eigenvalue weighted by atomic mass is 32.2. The van der Waals surface area contributed by atoms with E-state index in [1.54, 1.807) is 18.7 Å². The molecule has 0 bridgehead atoms. The Hall–Kier alpha value is -1.53. The lowest BCUT2D eigenvalue weighted by molar-refractivity contribution is -0.124. The Balaban J connectivity index is 2.54. The minimum atomic E-state index is -0.454. The molecule has 1 atom stereocenters. The van der Waals surface area contributed by atoms with Gasteiger partial charge in [0.2, 0.25) is 5.91 Å². The highest BCUT2D eigenvalue weighted by Gasteiger charge is 2.20. The molecule has 1 aromatic carbocycles. The number of thioether (sulfide) groups is 1. The van der Waals surface area contributed by atoms with E-state index in [9.17, 15) is 9.59 Å². The molecule has 5 nitrogen and oxygen atoms in total. The van der Waals surface area contributed by atoms with Gasteiger partial charge in [0.05, 0.1) is 6.04 Å². The van der Waals surface area contributed by atoms with E-state index in [1.807, 2.05) is 32.1 Å². The Labute approximate surface area is 136 Å². The normalized spacial score (nSPS) is 12.3. The number of rotatable bonds is 6. The lowest BCUT2D eigenvalue weighted by Crippen LogP contribution is -2.49. The van der Waals surface area contributed by atoms with E-state index in [0.717, 1.165) is 5.56 Å². The molecule has 0 saturated heterocycles. The van der Waals surface area contributed by atoms with Crippen LogP contribution in [-0.2, 0) is 11.3 Å². The summed E-state index contributed by atoms with van der Waals surface area (Å²) in [5.41, 5.74) is 1.13. The van der Waals surface area contributed by atoms with Crippen molar-refractivity contribution in [2.24, 2.45) is 0 Å². The first kappa shape index (κ1) is 18.5. The van der Waals surface area contributed by atoms with Crippen LogP contribution in [0.25, 0.3) is 0 Å². The topological polar surface area (TPSA) is 61.4 Å². The van der Waals surface area contributed by atoms with Crippen LogP contribution in [0.2, 0.25) is 0 Å². The van der Waals surface area contributed by atoms with Gasteiger partial charge < -0.3 is 5.32 Å². The molecule has 0 heterocycles. The lowest BCUT2D eigenvalue weighted by atomic mass is 10.2. The van der Waals surface area contributed by atoms with Crippen molar-refractivity contribution in [3.05, 3.63) is 29.8 Å². The number of carbonyl (C=O) groups is 2. The Kier molecular flexibility index (Phi) is 7.41. The first-order chi connectivity index (χ1) is 10.3. The summed E-state index contributed by atoms with van der Waals surface area (Å²) in [6.45, 7) is 6.12. The smallest absolute Gasteiger partial charge is 0.321 e. The van der Waals surface area contributed by atoms with Gasteiger partial charge in [-0.2, -0.15) is 0 Å². The fourth-order valence-corrected chi connectivity index (χ4v) is 2.28. The molecule has 1 rings (SSSR count). The summed E-state index contributed by atoms with van der Waals surface area (Å²) >= 11 is 1.70. The zero-order valence-electron chi connectivity index (χ0n) is 13.8. The van der Waals surface area contributed by atoms with Crippen molar-refractivity contribution in [1.29, 1.82) is 0 Å². The Morgan fingerprint density at radius 3 is 2.27 bits per heavy atom. The van der Waals surface area contributed by atoms with Crippen molar-refractivity contribution in [2.75, 3.05) is 13.3 Å². The van der Waals surface area contributed by atoms with Gasteiger partial charge in [0.25, 0.3) is 0 Å².